The van der Waals surface area contributed by atoms with Crippen molar-refractivity contribution < 1.29 is 27.9 Å². The predicted molar refractivity (Wildman–Crippen MR) is 95.4 cm³/mol. The minimum absolute atomic E-state index is 0.0125. The van der Waals surface area contributed by atoms with Crippen LogP contribution in [-0.4, -0.2) is 48.7 Å². The zero-order chi connectivity index (χ0) is 20.6. The van der Waals surface area contributed by atoms with Crippen LogP contribution in [0.1, 0.15) is 33.4 Å². The van der Waals surface area contributed by atoms with E-state index >= 15 is 0 Å². The summed E-state index contributed by atoms with van der Waals surface area (Å²) in [7, 11) is -3.09. The number of hydrogen-bond acceptors (Lipinski definition) is 7. The number of carbonyl (C=O) groups is 1. The Kier molecular flexibility index (Phi) is 5.84. The summed E-state index contributed by atoms with van der Waals surface area (Å²) < 4.78 is 37.4. The molecule has 0 aliphatic carbocycles. The summed E-state index contributed by atoms with van der Waals surface area (Å²) in [5.74, 6) is -0.815. The molecule has 0 radical (unpaired) electrons. The number of nitrogens with zero attached hydrogens (tertiary/aromatic N) is 3. The molecule has 1 saturated heterocycles. The van der Waals surface area contributed by atoms with E-state index in [9.17, 15) is 18.5 Å². The molecule has 2 aromatic heterocycles. The normalized spacial score (nSPS) is 25.4. The van der Waals surface area contributed by atoms with Gasteiger partial charge in [-0.05, 0) is 6.42 Å². The van der Waals surface area contributed by atoms with Gasteiger partial charge in [0.2, 0.25) is 11.9 Å². The molecule has 13 heteroatoms. The van der Waals surface area contributed by atoms with Crippen LogP contribution in [0.4, 0.5) is 10.3 Å². The highest BCUT2D eigenvalue weighted by molar-refractivity contribution is 7.32. The van der Waals surface area contributed by atoms with E-state index in [0.29, 0.717) is 6.42 Å². The topological polar surface area (TPSA) is 148 Å². The molecule has 1 unspecified atom stereocenters. The van der Waals surface area contributed by atoms with Gasteiger partial charge in [-0.2, -0.15) is 4.98 Å². The summed E-state index contributed by atoms with van der Waals surface area (Å²) in [4.78, 5) is 43.8. The number of fused-ring (bicyclic) bond motifs is 1. The second-order valence-electron chi connectivity index (χ2n) is 6.61. The molecule has 11 nitrogen and oxygen atoms in total. The molecule has 1 amide bonds. The first kappa shape index (κ1) is 20.5. The molecule has 0 aromatic carbocycles. The summed E-state index contributed by atoms with van der Waals surface area (Å²) in [6.07, 6.45) is -3.59. The number of hydrogen-bond donors (Lipinski definition) is 3. The van der Waals surface area contributed by atoms with Crippen molar-refractivity contribution >= 4 is 31.3 Å². The van der Waals surface area contributed by atoms with E-state index in [0.717, 1.165) is 0 Å². The summed E-state index contributed by atoms with van der Waals surface area (Å²) in [6.45, 7) is 5.05. The average molecular weight is 416 g/mol. The first-order valence-corrected chi connectivity index (χ1v) is 9.76. The Hall–Kier alpha value is -2.27. The molecule has 1 aliphatic heterocycles. The maximum atomic E-state index is 14.6. The number of nitrogens with one attached hydrogen (secondary N) is 2. The fraction of sp³-hybridized carbons (Fsp3) is 0.600. The van der Waals surface area contributed by atoms with Crippen LogP contribution >= 0.6 is 8.25 Å². The van der Waals surface area contributed by atoms with Crippen molar-refractivity contribution in [2.45, 2.75) is 51.8 Å². The van der Waals surface area contributed by atoms with Crippen LogP contribution in [0.15, 0.2) is 11.1 Å². The minimum Gasteiger partial charge on any atom is -0.348 e. The van der Waals surface area contributed by atoms with E-state index in [1.807, 2.05) is 0 Å². The molecule has 3 N–H and O–H groups in total. The van der Waals surface area contributed by atoms with E-state index in [2.05, 4.69) is 20.3 Å². The zero-order valence-corrected chi connectivity index (χ0v) is 16.2. The quantitative estimate of drug-likeness (QED) is 0.599. The van der Waals surface area contributed by atoms with Gasteiger partial charge < -0.3 is 4.74 Å². The van der Waals surface area contributed by atoms with Crippen LogP contribution in [0.2, 0.25) is 0 Å². The number of rotatable bonds is 6. The molecule has 28 heavy (non-hydrogen) atoms. The van der Waals surface area contributed by atoms with Gasteiger partial charge in [-0.1, -0.05) is 20.8 Å². The maximum Gasteiger partial charge on any atom is 0.695 e. The number of halogens is 1. The molecule has 1 aliphatic rings. The number of aromatic amines is 1. The molecule has 0 saturated carbocycles. The van der Waals surface area contributed by atoms with Crippen LogP contribution in [0.25, 0.3) is 11.2 Å². The van der Waals surface area contributed by atoms with Gasteiger partial charge in [-0.15, -0.1) is 9.42 Å². The highest BCUT2D eigenvalue weighted by Crippen LogP contribution is 2.40. The number of carbonyl (C=O) groups excluding carboxylic acids is 1. The van der Waals surface area contributed by atoms with Gasteiger partial charge in [-0.25, -0.2) is 9.37 Å². The van der Waals surface area contributed by atoms with Gasteiger partial charge in [0.1, 0.15) is 0 Å². The van der Waals surface area contributed by atoms with Crippen molar-refractivity contribution in [2.24, 2.45) is 5.92 Å². The molecule has 0 spiro atoms. The Balaban J connectivity index is 2.04. The first-order valence-electron chi connectivity index (χ1n) is 8.63. The van der Waals surface area contributed by atoms with Crippen LogP contribution < -0.4 is 10.9 Å². The molecule has 2 aromatic rings. The lowest BCUT2D eigenvalue weighted by Crippen LogP contribution is -2.29. The number of aromatic nitrogens is 4. The molecule has 152 valence electrons. The Labute approximate surface area is 159 Å². The van der Waals surface area contributed by atoms with Crippen molar-refractivity contribution in [3.8, 4) is 0 Å². The lowest BCUT2D eigenvalue weighted by Gasteiger charge is -2.16. The standard InChI is InChI=1S/C15H19FN5O6P/c1-4-7-8(16)10(27-28(24)25)14(26-7)21-5-17-9-11(21)18-15(20-13(9)23)19-12(22)6(2)3/h5-8,10,14H,4H2,1-3H3,(H2-,18,19,20,22,23,24,25)/p+1/t7-,8-,10-,14-/m1/s1. The van der Waals surface area contributed by atoms with Crippen molar-refractivity contribution in [1.29, 1.82) is 0 Å². The molecule has 3 rings (SSSR count). The molecular formula is C15H20FN5O6P+. The molecule has 0 bridgehead atoms. The van der Waals surface area contributed by atoms with Gasteiger partial charge >= 0.3 is 8.25 Å². The fourth-order valence-corrected chi connectivity index (χ4v) is 3.32. The molecule has 1 fully saturated rings. The van der Waals surface area contributed by atoms with Crippen LogP contribution in [0.3, 0.4) is 0 Å². The number of H-pyrrole nitrogens is 1. The summed E-state index contributed by atoms with van der Waals surface area (Å²) >= 11 is 0. The largest absolute Gasteiger partial charge is 0.695 e. The van der Waals surface area contributed by atoms with Gasteiger partial charge in [0.05, 0.1) is 12.4 Å². The second-order valence-corrected chi connectivity index (χ2v) is 7.29. The van der Waals surface area contributed by atoms with Gasteiger partial charge in [0.25, 0.3) is 5.56 Å². The monoisotopic (exact) mass is 416 g/mol. The summed E-state index contributed by atoms with van der Waals surface area (Å²) in [5, 5.41) is 2.47. The van der Waals surface area contributed by atoms with Crippen molar-refractivity contribution in [1.82, 2.24) is 19.5 Å². The van der Waals surface area contributed by atoms with E-state index < -0.39 is 38.4 Å². The number of ether oxygens (including phenoxy) is 1. The summed E-state index contributed by atoms with van der Waals surface area (Å²) in [5.41, 5.74) is -0.664. The number of alkyl halides is 1. The van der Waals surface area contributed by atoms with E-state index in [4.69, 9.17) is 14.2 Å². The van der Waals surface area contributed by atoms with Crippen molar-refractivity contribution in [3.05, 3.63) is 16.7 Å². The number of anilines is 1. The SMILES string of the molecule is CC[C@H]1O[C@@H](n2cnc3c(=O)[nH]c(NC(=O)C(C)C)nc32)[C@H](O[P+](=O)O)[C@@H]1F. The molecule has 5 atom stereocenters. The minimum atomic E-state index is -3.09. The maximum absolute atomic E-state index is 14.6. The second kappa shape index (κ2) is 8.00. The van der Waals surface area contributed by atoms with Crippen molar-refractivity contribution in [3.63, 3.8) is 0 Å². The lowest BCUT2D eigenvalue weighted by atomic mass is 10.1. The third-order valence-electron chi connectivity index (χ3n) is 4.35. The highest BCUT2D eigenvalue weighted by Gasteiger charge is 2.51. The first-order chi connectivity index (χ1) is 13.2. The molecular weight excluding hydrogens is 396 g/mol. The molecule has 3 heterocycles. The number of imidazole rings is 1. The zero-order valence-electron chi connectivity index (χ0n) is 15.3. The van der Waals surface area contributed by atoms with Crippen LogP contribution in [0.5, 0.6) is 0 Å². The van der Waals surface area contributed by atoms with Crippen LogP contribution in [0, 0.1) is 5.92 Å². The van der Waals surface area contributed by atoms with Gasteiger partial charge in [0, 0.05) is 10.5 Å². The fourth-order valence-electron chi connectivity index (χ4n) is 2.89. The van der Waals surface area contributed by atoms with E-state index in [1.54, 1.807) is 20.8 Å². The van der Waals surface area contributed by atoms with Gasteiger partial charge in [0.15, 0.2) is 29.7 Å². The van der Waals surface area contributed by atoms with Crippen LogP contribution in [-0.2, 0) is 18.6 Å². The average Bonchev–Trinajstić information content (AvgIpc) is 3.16. The highest BCUT2D eigenvalue weighted by atomic mass is 31.1. The lowest BCUT2D eigenvalue weighted by molar-refractivity contribution is -0.118. The third kappa shape index (κ3) is 3.81. The van der Waals surface area contributed by atoms with E-state index in [-0.39, 0.29) is 28.9 Å². The smallest absolute Gasteiger partial charge is 0.348 e. The Bertz CT molecular complexity index is 962. The predicted octanol–water partition coefficient (Wildman–Crippen LogP) is 1.39. The Morgan fingerprint density at radius 1 is 1.57 bits per heavy atom. The number of amides is 1. The Morgan fingerprint density at radius 2 is 2.29 bits per heavy atom. The Morgan fingerprint density at radius 3 is 2.89 bits per heavy atom. The van der Waals surface area contributed by atoms with Crippen molar-refractivity contribution in [2.75, 3.05) is 5.32 Å². The van der Waals surface area contributed by atoms with E-state index in [1.165, 1.54) is 10.9 Å². The third-order valence-corrected chi connectivity index (χ3v) is 4.77. The summed E-state index contributed by atoms with van der Waals surface area (Å²) in [6, 6.07) is 0. The van der Waals surface area contributed by atoms with Gasteiger partial charge in [-0.3, -0.25) is 24.5 Å².